The third-order valence-electron chi connectivity index (χ3n) is 3.38. The Bertz CT molecular complexity index is 965. The van der Waals surface area contributed by atoms with Crippen LogP contribution in [-0.2, 0) is 12.7 Å². The first-order valence-corrected chi connectivity index (χ1v) is 8.09. The monoisotopic (exact) mass is 373 g/mol. The van der Waals surface area contributed by atoms with Crippen molar-refractivity contribution in [2.45, 2.75) is 19.6 Å². The number of hydrogen-bond acceptors (Lipinski definition) is 4. The van der Waals surface area contributed by atoms with Gasteiger partial charge in [0.25, 0.3) is 5.56 Å². The number of thiazole rings is 1. The summed E-state index contributed by atoms with van der Waals surface area (Å²) >= 11 is 7.23. The Morgan fingerprint density at radius 1 is 1.33 bits per heavy atom. The summed E-state index contributed by atoms with van der Waals surface area (Å²) in [4.78, 5) is 17.0. The highest BCUT2D eigenvalue weighted by Gasteiger charge is 2.30. The van der Waals surface area contributed by atoms with Gasteiger partial charge in [-0.3, -0.25) is 9.20 Å². The number of nitrogens with zero attached hydrogens (tertiary/aromatic N) is 2. The first-order chi connectivity index (χ1) is 11.3. The Labute approximate surface area is 143 Å². The van der Waals surface area contributed by atoms with Gasteiger partial charge in [-0.2, -0.15) is 13.2 Å². The van der Waals surface area contributed by atoms with Crippen molar-refractivity contribution in [1.82, 2.24) is 9.38 Å². The Morgan fingerprint density at radius 2 is 2.08 bits per heavy atom. The average Bonchev–Trinajstić information content (AvgIpc) is 2.87. The number of alkyl halides is 3. The van der Waals surface area contributed by atoms with Gasteiger partial charge in [0.15, 0.2) is 4.96 Å². The van der Waals surface area contributed by atoms with Crippen molar-refractivity contribution in [3.8, 4) is 0 Å². The normalized spacial score (nSPS) is 11.9. The first kappa shape index (κ1) is 16.8. The van der Waals surface area contributed by atoms with Crippen molar-refractivity contribution in [3.05, 3.63) is 62.0 Å². The number of rotatable bonds is 3. The number of fused-ring (bicyclic) bond motifs is 1. The maximum atomic E-state index is 12.6. The van der Waals surface area contributed by atoms with Crippen molar-refractivity contribution in [3.63, 3.8) is 0 Å². The molecule has 2 aromatic heterocycles. The van der Waals surface area contributed by atoms with Crippen LogP contribution in [0.1, 0.15) is 17.0 Å². The van der Waals surface area contributed by atoms with Crippen LogP contribution in [0.3, 0.4) is 0 Å². The second kappa shape index (κ2) is 6.10. The fraction of sp³-hybridized carbons (Fsp3) is 0.200. The lowest BCUT2D eigenvalue weighted by Crippen LogP contribution is -2.16. The van der Waals surface area contributed by atoms with Crippen molar-refractivity contribution >= 4 is 33.6 Å². The highest BCUT2D eigenvalue weighted by Crippen LogP contribution is 2.33. The zero-order valence-electron chi connectivity index (χ0n) is 12.3. The van der Waals surface area contributed by atoms with E-state index in [4.69, 9.17) is 11.6 Å². The molecule has 2 heterocycles. The van der Waals surface area contributed by atoms with Crippen LogP contribution in [0.5, 0.6) is 0 Å². The summed E-state index contributed by atoms with van der Waals surface area (Å²) in [6.45, 7) is 1.99. The van der Waals surface area contributed by atoms with Crippen LogP contribution >= 0.6 is 22.9 Å². The van der Waals surface area contributed by atoms with E-state index < -0.39 is 11.7 Å². The highest BCUT2D eigenvalue weighted by atomic mass is 35.5. The number of halogens is 4. The molecule has 3 rings (SSSR count). The summed E-state index contributed by atoms with van der Waals surface area (Å²) in [7, 11) is 0. The third kappa shape index (κ3) is 3.25. The molecular formula is C15H11ClF3N3OS. The molecule has 0 radical (unpaired) electrons. The highest BCUT2D eigenvalue weighted by molar-refractivity contribution is 7.15. The molecule has 0 fully saturated rings. The van der Waals surface area contributed by atoms with Crippen LogP contribution in [0.25, 0.3) is 4.96 Å². The van der Waals surface area contributed by atoms with E-state index >= 15 is 0 Å². The summed E-state index contributed by atoms with van der Waals surface area (Å²) in [5.41, 5.74) is 0.614. The fourth-order valence-electron chi connectivity index (χ4n) is 2.21. The molecule has 0 aliphatic heterocycles. The zero-order chi connectivity index (χ0) is 17.5. The molecule has 0 saturated heterocycles. The van der Waals surface area contributed by atoms with Crippen LogP contribution < -0.4 is 10.9 Å². The predicted molar refractivity (Wildman–Crippen MR) is 87.9 cm³/mol. The average molecular weight is 374 g/mol. The molecule has 1 N–H and O–H groups in total. The molecule has 0 saturated carbocycles. The number of anilines is 1. The lowest BCUT2D eigenvalue weighted by atomic mass is 10.2. The van der Waals surface area contributed by atoms with E-state index in [9.17, 15) is 18.0 Å². The molecule has 0 unspecified atom stereocenters. The number of nitrogens with one attached hydrogen (secondary N) is 1. The van der Waals surface area contributed by atoms with Gasteiger partial charge in [-0.15, -0.1) is 11.3 Å². The fourth-order valence-corrected chi connectivity index (χ4v) is 3.35. The number of aromatic nitrogens is 2. The van der Waals surface area contributed by atoms with Gasteiger partial charge in [0.2, 0.25) is 0 Å². The molecule has 0 aliphatic carbocycles. The Hall–Kier alpha value is -2.06. The van der Waals surface area contributed by atoms with Crippen LogP contribution in [-0.4, -0.2) is 9.38 Å². The maximum Gasteiger partial charge on any atom is 0.416 e. The molecule has 3 aromatic rings. The minimum absolute atomic E-state index is 0.0467. The summed E-state index contributed by atoms with van der Waals surface area (Å²) in [6, 6.07) is 4.45. The lowest BCUT2D eigenvalue weighted by Gasteiger charge is -2.11. The van der Waals surface area contributed by atoms with Crippen molar-refractivity contribution in [1.29, 1.82) is 0 Å². The quantitative estimate of drug-likeness (QED) is 0.742. The van der Waals surface area contributed by atoms with Gasteiger partial charge in [0, 0.05) is 17.1 Å². The summed E-state index contributed by atoms with van der Waals surface area (Å²) in [5, 5.41) is 4.68. The topological polar surface area (TPSA) is 46.4 Å². The van der Waals surface area contributed by atoms with Gasteiger partial charge < -0.3 is 5.32 Å². The molecule has 0 amide bonds. The SMILES string of the molecule is Cc1csc2nc(CNc3ccc(C(F)(F)F)cc3Cl)cc(=O)n12. The van der Waals surface area contributed by atoms with E-state index in [0.717, 1.165) is 17.8 Å². The predicted octanol–water partition coefficient (Wildman–Crippen LogP) is 4.35. The molecule has 9 heteroatoms. The molecule has 0 bridgehead atoms. The second-order valence-corrected chi connectivity index (χ2v) is 6.37. The van der Waals surface area contributed by atoms with E-state index in [1.54, 1.807) is 0 Å². The first-order valence-electron chi connectivity index (χ1n) is 6.83. The van der Waals surface area contributed by atoms with Crippen LogP contribution in [0.4, 0.5) is 18.9 Å². The maximum absolute atomic E-state index is 12.6. The number of hydrogen-bond donors (Lipinski definition) is 1. The van der Waals surface area contributed by atoms with E-state index in [-0.39, 0.29) is 17.1 Å². The van der Waals surface area contributed by atoms with Gasteiger partial charge in [-0.1, -0.05) is 11.6 Å². The molecular weight excluding hydrogens is 363 g/mol. The van der Waals surface area contributed by atoms with Gasteiger partial charge in [0.05, 0.1) is 28.5 Å². The molecule has 24 heavy (non-hydrogen) atoms. The van der Waals surface area contributed by atoms with E-state index in [1.807, 2.05) is 12.3 Å². The minimum Gasteiger partial charge on any atom is -0.378 e. The zero-order valence-corrected chi connectivity index (χ0v) is 13.9. The minimum atomic E-state index is -4.44. The number of benzene rings is 1. The van der Waals surface area contributed by atoms with Crippen molar-refractivity contribution in [2.75, 3.05) is 5.32 Å². The largest absolute Gasteiger partial charge is 0.416 e. The molecule has 126 valence electrons. The van der Waals surface area contributed by atoms with Gasteiger partial charge in [-0.25, -0.2) is 4.98 Å². The van der Waals surface area contributed by atoms with E-state index in [0.29, 0.717) is 16.3 Å². The van der Waals surface area contributed by atoms with Gasteiger partial charge >= 0.3 is 6.18 Å². The van der Waals surface area contributed by atoms with E-state index in [2.05, 4.69) is 10.3 Å². The van der Waals surface area contributed by atoms with Crippen molar-refractivity contribution in [2.24, 2.45) is 0 Å². The van der Waals surface area contributed by atoms with Crippen LogP contribution in [0, 0.1) is 6.92 Å². The summed E-state index contributed by atoms with van der Waals surface area (Å²) < 4.78 is 39.4. The molecule has 0 spiro atoms. The number of aryl methyl sites for hydroxylation is 1. The van der Waals surface area contributed by atoms with Crippen LogP contribution in [0.15, 0.2) is 34.4 Å². The lowest BCUT2D eigenvalue weighted by molar-refractivity contribution is -0.137. The molecule has 1 aromatic carbocycles. The second-order valence-electron chi connectivity index (χ2n) is 5.13. The molecule has 0 atom stereocenters. The smallest absolute Gasteiger partial charge is 0.378 e. The summed E-state index contributed by atoms with van der Waals surface area (Å²) in [6.07, 6.45) is -4.44. The third-order valence-corrected chi connectivity index (χ3v) is 4.64. The van der Waals surface area contributed by atoms with Crippen LogP contribution in [0.2, 0.25) is 5.02 Å². The summed E-state index contributed by atoms with van der Waals surface area (Å²) in [5.74, 6) is 0. The van der Waals surface area contributed by atoms with E-state index in [1.165, 1.54) is 27.9 Å². The molecule has 0 aliphatic rings. The molecule has 4 nitrogen and oxygen atoms in total. The standard InChI is InChI=1S/C15H11ClF3N3OS/c1-8-7-24-14-21-10(5-13(23)22(8)14)6-20-12-3-2-9(4-11(12)16)15(17,18)19/h2-5,7,20H,6H2,1H3. The Balaban J connectivity index is 1.82. The Kier molecular flexibility index (Phi) is 4.27. The van der Waals surface area contributed by atoms with Gasteiger partial charge in [0.1, 0.15) is 0 Å². The van der Waals surface area contributed by atoms with Gasteiger partial charge in [-0.05, 0) is 25.1 Å². The van der Waals surface area contributed by atoms with Crippen molar-refractivity contribution < 1.29 is 13.2 Å². The Morgan fingerprint density at radius 3 is 2.75 bits per heavy atom.